The minimum absolute atomic E-state index is 0.184. The van der Waals surface area contributed by atoms with Gasteiger partial charge >= 0.3 is 0 Å². The van der Waals surface area contributed by atoms with Gasteiger partial charge in [0.1, 0.15) is 0 Å². The van der Waals surface area contributed by atoms with Crippen LogP contribution in [0.25, 0.3) is 16.7 Å². The Balaban J connectivity index is 2.65. The van der Waals surface area contributed by atoms with E-state index in [9.17, 15) is 4.79 Å². The first-order chi connectivity index (χ1) is 9.02. The van der Waals surface area contributed by atoms with Crippen LogP contribution < -0.4 is 16.9 Å². The highest BCUT2D eigenvalue weighted by molar-refractivity contribution is 6.51. The maximum absolute atomic E-state index is 12.1. The van der Waals surface area contributed by atoms with Gasteiger partial charge < -0.3 is 10.7 Å². The van der Waals surface area contributed by atoms with Gasteiger partial charge in [-0.3, -0.25) is 9.20 Å². The second-order valence-corrected chi connectivity index (χ2v) is 4.72. The Bertz CT molecular complexity index is 863. The fourth-order valence-corrected chi connectivity index (χ4v) is 2.54. The van der Waals surface area contributed by atoms with Crippen molar-refractivity contribution in [1.82, 2.24) is 14.4 Å². The van der Waals surface area contributed by atoms with Gasteiger partial charge in [-0.2, -0.15) is 0 Å². The van der Waals surface area contributed by atoms with E-state index < -0.39 is 0 Å². The van der Waals surface area contributed by atoms with Crippen molar-refractivity contribution < 1.29 is 0 Å². The van der Waals surface area contributed by atoms with E-state index in [2.05, 4.69) is 9.97 Å². The standard InChI is InChI=1S/C13H14BN4O/c1-6-4-8(15)5-9-10(6)16-13(19)12-17-11(14-3)7(2)18(9)12/h4-5H,15H2,1-3H3,(H,16,19). The van der Waals surface area contributed by atoms with Gasteiger partial charge in [-0.15, -0.1) is 0 Å². The van der Waals surface area contributed by atoms with Crippen LogP contribution in [0.1, 0.15) is 11.3 Å². The molecule has 0 bridgehead atoms. The van der Waals surface area contributed by atoms with Crippen molar-refractivity contribution in [1.29, 1.82) is 0 Å². The summed E-state index contributed by atoms with van der Waals surface area (Å²) in [6.07, 6.45) is 0. The molecule has 6 heteroatoms. The summed E-state index contributed by atoms with van der Waals surface area (Å²) in [5.74, 6) is 0. The fraction of sp³-hybridized carbons (Fsp3) is 0.231. The minimum Gasteiger partial charge on any atom is -0.399 e. The maximum atomic E-state index is 12.1. The molecule has 3 aromatic rings. The number of nitrogen functional groups attached to an aromatic ring is 1. The number of fused-ring (bicyclic) bond motifs is 3. The molecule has 3 N–H and O–H groups in total. The summed E-state index contributed by atoms with van der Waals surface area (Å²) in [6.45, 7) is 5.79. The molecule has 0 saturated heterocycles. The van der Waals surface area contributed by atoms with E-state index in [1.807, 2.05) is 44.5 Å². The number of hydrogen-bond acceptors (Lipinski definition) is 3. The van der Waals surface area contributed by atoms with Crippen molar-refractivity contribution in [2.45, 2.75) is 20.7 Å². The number of imidazole rings is 1. The molecule has 95 valence electrons. The summed E-state index contributed by atoms with van der Waals surface area (Å²) < 4.78 is 1.87. The molecule has 0 spiro atoms. The first-order valence-electron chi connectivity index (χ1n) is 6.13. The van der Waals surface area contributed by atoms with Crippen LogP contribution in [0.4, 0.5) is 5.69 Å². The first kappa shape index (κ1) is 11.8. The number of nitrogens with two attached hydrogens (primary N) is 1. The Morgan fingerprint density at radius 3 is 2.79 bits per heavy atom. The molecule has 0 aliphatic carbocycles. The Hall–Kier alpha value is -2.24. The summed E-state index contributed by atoms with van der Waals surface area (Å²) in [5, 5.41) is 0. The molecule has 0 aliphatic rings. The number of nitrogens with one attached hydrogen (secondary N) is 1. The average Bonchev–Trinajstić information content (AvgIpc) is 2.69. The largest absolute Gasteiger partial charge is 0.399 e. The number of rotatable bonds is 1. The molecule has 2 aromatic heterocycles. The summed E-state index contributed by atoms with van der Waals surface area (Å²) in [7, 11) is 1.90. The molecule has 0 amide bonds. The van der Waals surface area contributed by atoms with Crippen molar-refractivity contribution in [3.05, 3.63) is 33.7 Å². The zero-order valence-electron chi connectivity index (χ0n) is 11.1. The molecule has 1 aromatic carbocycles. The highest BCUT2D eigenvalue weighted by Gasteiger charge is 2.14. The third-order valence-electron chi connectivity index (χ3n) is 3.44. The number of nitrogens with zero attached hydrogens (tertiary/aromatic N) is 2. The molecular formula is C13H14BN4O. The van der Waals surface area contributed by atoms with Crippen LogP contribution in [-0.2, 0) is 0 Å². The van der Waals surface area contributed by atoms with Crippen LogP contribution in [0.2, 0.25) is 6.82 Å². The van der Waals surface area contributed by atoms with Gasteiger partial charge in [-0.25, -0.2) is 4.98 Å². The maximum Gasteiger partial charge on any atom is 0.292 e. The predicted octanol–water partition coefficient (Wildman–Crippen LogP) is 0.752. The van der Waals surface area contributed by atoms with Crippen LogP contribution in [0.15, 0.2) is 16.9 Å². The van der Waals surface area contributed by atoms with Crippen LogP contribution in [0.5, 0.6) is 0 Å². The Labute approximate surface area is 110 Å². The summed E-state index contributed by atoms with van der Waals surface area (Å²) in [5.41, 5.74) is 11.2. The molecule has 2 heterocycles. The number of H-pyrrole nitrogens is 1. The van der Waals surface area contributed by atoms with E-state index in [4.69, 9.17) is 5.73 Å². The molecular weight excluding hydrogens is 239 g/mol. The quantitative estimate of drug-likeness (QED) is 0.496. The van der Waals surface area contributed by atoms with Crippen molar-refractivity contribution in [3.8, 4) is 0 Å². The van der Waals surface area contributed by atoms with Crippen molar-refractivity contribution in [2.24, 2.45) is 0 Å². The molecule has 1 radical (unpaired) electrons. The highest BCUT2D eigenvalue weighted by atomic mass is 16.1. The molecule has 0 atom stereocenters. The van der Waals surface area contributed by atoms with Gasteiger partial charge in [-0.1, -0.05) is 6.82 Å². The van der Waals surface area contributed by atoms with Gasteiger partial charge in [0.15, 0.2) is 7.28 Å². The van der Waals surface area contributed by atoms with Crippen LogP contribution in [0, 0.1) is 13.8 Å². The van der Waals surface area contributed by atoms with Gasteiger partial charge in [0.2, 0.25) is 5.65 Å². The predicted molar refractivity (Wildman–Crippen MR) is 78.5 cm³/mol. The monoisotopic (exact) mass is 253 g/mol. The van der Waals surface area contributed by atoms with Crippen LogP contribution >= 0.6 is 0 Å². The average molecular weight is 253 g/mol. The number of hydrogen-bond donors (Lipinski definition) is 2. The molecule has 0 fully saturated rings. The Morgan fingerprint density at radius 1 is 1.37 bits per heavy atom. The minimum atomic E-state index is -0.184. The number of anilines is 1. The normalized spacial score (nSPS) is 11.3. The number of aryl methyl sites for hydroxylation is 2. The van der Waals surface area contributed by atoms with Gasteiger partial charge in [0.05, 0.1) is 11.0 Å². The second-order valence-electron chi connectivity index (χ2n) is 4.72. The van der Waals surface area contributed by atoms with Gasteiger partial charge in [0.25, 0.3) is 5.56 Å². The summed E-state index contributed by atoms with van der Waals surface area (Å²) >= 11 is 0. The number of aromatic nitrogens is 3. The lowest BCUT2D eigenvalue weighted by Crippen LogP contribution is -2.15. The Morgan fingerprint density at radius 2 is 2.11 bits per heavy atom. The summed E-state index contributed by atoms with van der Waals surface area (Å²) in [4.78, 5) is 19.4. The zero-order chi connectivity index (χ0) is 13.7. The SMILES string of the molecule is C[B]c1nc2c(=O)[nH]c3c(C)cc(N)cc3n2c1C. The smallest absolute Gasteiger partial charge is 0.292 e. The Kier molecular flexibility index (Phi) is 2.42. The van der Waals surface area contributed by atoms with Crippen LogP contribution in [0.3, 0.4) is 0 Å². The number of aromatic amines is 1. The molecule has 0 aliphatic heterocycles. The lowest BCUT2D eigenvalue weighted by molar-refractivity contribution is 1.12. The third kappa shape index (κ3) is 1.56. The van der Waals surface area contributed by atoms with E-state index >= 15 is 0 Å². The summed E-state index contributed by atoms with van der Waals surface area (Å²) in [6, 6.07) is 3.71. The topological polar surface area (TPSA) is 76.2 Å². The highest BCUT2D eigenvalue weighted by Crippen LogP contribution is 2.20. The third-order valence-corrected chi connectivity index (χ3v) is 3.44. The van der Waals surface area contributed by atoms with E-state index in [1.165, 1.54) is 0 Å². The van der Waals surface area contributed by atoms with Crippen molar-refractivity contribution in [3.63, 3.8) is 0 Å². The molecule has 19 heavy (non-hydrogen) atoms. The van der Waals surface area contributed by atoms with E-state index in [-0.39, 0.29) is 5.56 Å². The van der Waals surface area contributed by atoms with E-state index in [0.29, 0.717) is 11.3 Å². The molecule has 0 saturated carbocycles. The van der Waals surface area contributed by atoms with Crippen LogP contribution in [-0.4, -0.2) is 21.6 Å². The first-order valence-corrected chi connectivity index (χ1v) is 6.13. The molecule has 5 nitrogen and oxygen atoms in total. The lowest BCUT2D eigenvalue weighted by Gasteiger charge is -2.07. The fourth-order valence-electron chi connectivity index (χ4n) is 2.54. The second kappa shape index (κ2) is 3.88. The van der Waals surface area contributed by atoms with Crippen molar-refractivity contribution in [2.75, 3.05) is 5.73 Å². The molecule has 0 unspecified atom stereocenters. The molecule has 3 rings (SSSR count). The lowest BCUT2D eigenvalue weighted by atomic mass is 9.77. The number of benzene rings is 1. The zero-order valence-corrected chi connectivity index (χ0v) is 11.1. The van der Waals surface area contributed by atoms with E-state index in [1.54, 1.807) is 0 Å². The van der Waals surface area contributed by atoms with Crippen molar-refractivity contribution >= 4 is 35.2 Å². The van der Waals surface area contributed by atoms with E-state index in [0.717, 1.165) is 27.9 Å². The van der Waals surface area contributed by atoms with Gasteiger partial charge in [0, 0.05) is 17.0 Å². The van der Waals surface area contributed by atoms with Gasteiger partial charge in [-0.05, 0) is 31.5 Å².